The zero-order chi connectivity index (χ0) is 28.5. The van der Waals surface area contributed by atoms with Crippen LogP contribution in [0.15, 0.2) is 63.7 Å². The molecule has 0 fully saturated rings. The molecule has 39 heavy (non-hydrogen) atoms. The number of hydrogen-bond acceptors (Lipinski definition) is 7. The molecule has 4 rings (SSSR count). The molecule has 0 saturated heterocycles. The van der Waals surface area contributed by atoms with Crippen LogP contribution in [0, 0.1) is 5.82 Å². The molecule has 206 valence electrons. The van der Waals surface area contributed by atoms with Crippen molar-refractivity contribution in [3.05, 3.63) is 75.2 Å². The van der Waals surface area contributed by atoms with Crippen molar-refractivity contribution in [2.45, 2.75) is 10.4 Å². The first-order chi connectivity index (χ1) is 18.3. The lowest BCUT2D eigenvalue weighted by molar-refractivity contribution is -0.153. The summed E-state index contributed by atoms with van der Waals surface area (Å²) in [4.78, 5) is 25.5. The molecule has 16 heteroatoms. The van der Waals surface area contributed by atoms with E-state index < -0.39 is 46.0 Å². The Morgan fingerprint density at radius 3 is 2.49 bits per heavy atom. The van der Waals surface area contributed by atoms with E-state index in [1.807, 2.05) is 0 Å². The van der Waals surface area contributed by atoms with Gasteiger partial charge in [0.15, 0.2) is 6.61 Å². The first-order valence-corrected chi connectivity index (χ1v) is 13.4. The van der Waals surface area contributed by atoms with E-state index in [1.54, 1.807) is 4.72 Å². The summed E-state index contributed by atoms with van der Waals surface area (Å²) in [6.07, 6.45) is -3.41. The molecule has 2 aromatic heterocycles. The second kappa shape index (κ2) is 10.7. The van der Waals surface area contributed by atoms with E-state index in [1.165, 1.54) is 43.6 Å². The van der Waals surface area contributed by atoms with Gasteiger partial charge in [0.2, 0.25) is 0 Å². The third kappa shape index (κ3) is 6.43. The zero-order valence-corrected chi connectivity index (χ0v) is 22.0. The second-order valence-electron chi connectivity index (χ2n) is 7.86. The quantitative estimate of drug-likeness (QED) is 0.245. The number of nitrogens with one attached hydrogen (secondary N) is 3. The minimum atomic E-state index is -4.75. The normalized spacial score (nSPS) is 11.8. The molecule has 2 amide bonds. The maximum absolute atomic E-state index is 14.3. The highest BCUT2D eigenvalue weighted by atomic mass is 35.5. The molecule has 0 bridgehead atoms. The summed E-state index contributed by atoms with van der Waals surface area (Å²) in [5, 5.41) is 5.21. The van der Waals surface area contributed by atoms with Crippen LogP contribution < -0.4 is 25.7 Å². The Labute approximate surface area is 227 Å². The Kier molecular flexibility index (Phi) is 7.77. The molecule has 0 saturated carbocycles. The number of fused-ring (bicyclic) bond motifs is 1. The average molecular weight is 605 g/mol. The van der Waals surface area contributed by atoms with Gasteiger partial charge in [-0.15, -0.1) is 11.3 Å². The van der Waals surface area contributed by atoms with Crippen LogP contribution in [0.25, 0.3) is 16.5 Å². The number of sulfonamides is 1. The lowest BCUT2D eigenvalue weighted by atomic mass is 10.1. The topological polar surface area (TPSA) is 119 Å². The third-order valence-corrected chi connectivity index (χ3v) is 8.24. The second-order valence-corrected chi connectivity index (χ2v) is 11.5. The Morgan fingerprint density at radius 1 is 1.10 bits per heavy atom. The Hall–Kier alpha value is -3.82. The van der Waals surface area contributed by atoms with Gasteiger partial charge in [0.05, 0.1) is 26.8 Å². The minimum absolute atomic E-state index is 0.00669. The van der Waals surface area contributed by atoms with Crippen molar-refractivity contribution < 1.29 is 35.5 Å². The predicted molar refractivity (Wildman–Crippen MR) is 139 cm³/mol. The van der Waals surface area contributed by atoms with Crippen molar-refractivity contribution in [3.8, 4) is 11.4 Å². The van der Waals surface area contributed by atoms with Crippen LogP contribution in [-0.2, 0) is 10.0 Å². The molecule has 9 nitrogen and oxygen atoms in total. The number of halogens is 5. The van der Waals surface area contributed by atoms with Gasteiger partial charge in [-0.25, -0.2) is 22.3 Å². The fourth-order valence-corrected chi connectivity index (χ4v) is 5.86. The third-order valence-electron chi connectivity index (χ3n) is 5.18. The van der Waals surface area contributed by atoms with Gasteiger partial charge in [0.25, 0.3) is 15.6 Å². The summed E-state index contributed by atoms with van der Waals surface area (Å²) in [5.74, 6) is -1.19. The highest BCUT2D eigenvalue weighted by molar-refractivity contribution is 7.92. The summed E-state index contributed by atoms with van der Waals surface area (Å²) in [7, 11) is -2.81. The first-order valence-electron chi connectivity index (χ1n) is 10.7. The number of thiophene rings is 1. The number of pyridine rings is 1. The molecule has 2 aromatic carbocycles. The number of carbonyl (C=O) groups excluding carboxylic acids is 1. The fraction of sp³-hybridized carbons (Fsp3) is 0.130. The molecule has 0 aliphatic heterocycles. The van der Waals surface area contributed by atoms with Gasteiger partial charge in [-0.2, -0.15) is 13.2 Å². The molecule has 0 spiro atoms. The predicted octanol–water partition coefficient (Wildman–Crippen LogP) is 5.34. The molecule has 2 heterocycles. The molecular weight excluding hydrogens is 588 g/mol. The fourth-order valence-electron chi connectivity index (χ4n) is 3.47. The van der Waals surface area contributed by atoms with E-state index in [0.29, 0.717) is 16.7 Å². The van der Waals surface area contributed by atoms with Crippen LogP contribution in [0.5, 0.6) is 5.75 Å². The Balaban J connectivity index is 1.69. The first kappa shape index (κ1) is 28.2. The van der Waals surface area contributed by atoms with Crippen molar-refractivity contribution >= 4 is 61.1 Å². The van der Waals surface area contributed by atoms with E-state index in [0.717, 1.165) is 22.8 Å². The van der Waals surface area contributed by atoms with Crippen LogP contribution in [-0.4, -0.2) is 38.8 Å². The maximum atomic E-state index is 14.3. The molecule has 0 aliphatic rings. The number of anilines is 2. The monoisotopic (exact) mass is 604 g/mol. The van der Waals surface area contributed by atoms with Crippen LogP contribution in [0.4, 0.5) is 33.7 Å². The molecular formula is C23H17ClF4N4O5S2. The van der Waals surface area contributed by atoms with Gasteiger partial charge in [-0.3, -0.25) is 9.36 Å². The van der Waals surface area contributed by atoms with Crippen LogP contribution >= 0.6 is 22.9 Å². The van der Waals surface area contributed by atoms with Crippen LogP contribution in [0.2, 0.25) is 4.34 Å². The molecule has 4 aromatic rings. The molecule has 0 aliphatic carbocycles. The zero-order valence-electron chi connectivity index (χ0n) is 19.6. The summed E-state index contributed by atoms with van der Waals surface area (Å²) < 4.78 is 85.2. The van der Waals surface area contributed by atoms with Gasteiger partial charge in [0.1, 0.15) is 15.8 Å². The Bertz CT molecular complexity index is 1740. The number of alkyl halides is 3. The number of carbonyl (C=O) groups is 1. The van der Waals surface area contributed by atoms with E-state index >= 15 is 0 Å². The number of amides is 2. The molecule has 0 unspecified atom stereocenters. The lowest BCUT2D eigenvalue weighted by Gasteiger charge is -2.16. The van der Waals surface area contributed by atoms with Gasteiger partial charge in [-0.05, 0) is 47.9 Å². The van der Waals surface area contributed by atoms with Crippen molar-refractivity contribution in [1.82, 2.24) is 9.29 Å². The SMILES string of the molecule is CNc1cc2ccn(-c3ccc(NC(=O)NS(=O)(=O)c4ccc(Cl)s4)c(OCC(F)(F)F)c3)c(=O)c2cc1F. The van der Waals surface area contributed by atoms with Crippen LogP contribution in [0.3, 0.4) is 0 Å². The highest BCUT2D eigenvalue weighted by Crippen LogP contribution is 2.30. The minimum Gasteiger partial charge on any atom is -0.482 e. The van der Waals surface area contributed by atoms with E-state index in [-0.39, 0.29) is 31.0 Å². The van der Waals surface area contributed by atoms with Crippen molar-refractivity contribution in [2.24, 2.45) is 0 Å². The smallest absolute Gasteiger partial charge is 0.422 e. The number of hydrogen-bond donors (Lipinski definition) is 3. The van der Waals surface area contributed by atoms with Crippen molar-refractivity contribution in [3.63, 3.8) is 0 Å². The van der Waals surface area contributed by atoms with Gasteiger partial charge < -0.3 is 15.4 Å². The summed E-state index contributed by atoms with van der Waals surface area (Å²) in [6, 6.07) is 8.59. The van der Waals surface area contributed by atoms with Gasteiger partial charge in [-0.1, -0.05) is 11.6 Å². The average Bonchev–Trinajstić information content (AvgIpc) is 3.30. The number of rotatable bonds is 7. The molecule has 3 N–H and O–H groups in total. The van der Waals surface area contributed by atoms with E-state index in [9.17, 15) is 35.6 Å². The lowest BCUT2D eigenvalue weighted by Crippen LogP contribution is -2.34. The summed E-state index contributed by atoms with van der Waals surface area (Å²) in [6.45, 7) is -1.75. The van der Waals surface area contributed by atoms with E-state index in [2.05, 4.69) is 10.6 Å². The van der Waals surface area contributed by atoms with Crippen LogP contribution in [0.1, 0.15) is 0 Å². The largest absolute Gasteiger partial charge is 0.482 e. The summed E-state index contributed by atoms with van der Waals surface area (Å²) >= 11 is 6.41. The highest BCUT2D eigenvalue weighted by Gasteiger charge is 2.29. The standard InChI is InChI=1S/C23H17ClF4N4O5S2/c1-29-17-8-12-6-7-32(21(33)14(12)10-15(17)25)13-2-3-16(18(9-13)37-11-23(26,27)28)30-22(34)31-39(35,36)20-5-4-19(24)38-20/h2-10,29H,11H2,1H3,(H2,30,31,34). The number of urea groups is 1. The van der Waals surface area contributed by atoms with Gasteiger partial charge >= 0.3 is 12.2 Å². The number of nitrogens with zero attached hydrogens (tertiary/aromatic N) is 1. The molecule has 0 radical (unpaired) electrons. The van der Waals surface area contributed by atoms with E-state index in [4.69, 9.17) is 16.3 Å². The Morgan fingerprint density at radius 2 is 1.85 bits per heavy atom. The maximum Gasteiger partial charge on any atom is 0.422 e. The number of ether oxygens (including phenoxy) is 1. The molecule has 0 atom stereocenters. The van der Waals surface area contributed by atoms with Gasteiger partial charge in [0, 0.05) is 19.3 Å². The number of benzene rings is 2. The number of aromatic nitrogens is 1. The van der Waals surface area contributed by atoms with Crippen molar-refractivity contribution in [2.75, 3.05) is 24.3 Å². The van der Waals surface area contributed by atoms with Crippen molar-refractivity contribution in [1.29, 1.82) is 0 Å². The summed E-state index contributed by atoms with van der Waals surface area (Å²) in [5.41, 5.74) is -0.794.